The summed E-state index contributed by atoms with van der Waals surface area (Å²) in [6.45, 7) is 4.23. The number of benzene rings is 2. The highest BCUT2D eigenvalue weighted by atomic mass is 35.5. The van der Waals surface area contributed by atoms with Gasteiger partial charge in [0.2, 0.25) is 5.72 Å². The zero-order chi connectivity index (χ0) is 19.6. The molecular weight excluding hydrogens is 368 g/mol. The third kappa shape index (κ3) is 2.13. The molecule has 2 aliphatic rings. The lowest BCUT2D eigenvalue weighted by Crippen LogP contribution is -2.58. The van der Waals surface area contributed by atoms with Crippen molar-refractivity contribution in [1.29, 1.82) is 0 Å². The largest absolute Gasteiger partial charge is 0.493 e. The number of hydrogen-bond acceptors (Lipinski definition) is 5. The van der Waals surface area contributed by atoms with Gasteiger partial charge in [0.05, 0.1) is 23.5 Å². The second-order valence-electron chi connectivity index (χ2n) is 7.24. The van der Waals surface area contributed by atoms with Crippen LogP contribution in [0.4, 0.5) is 11.4 Å². The molecule has 2 aromatic rings. The molecule has 7 heteroatoms. The monoisotopic (exact) mass is 386 g/mol. The van der Waals surface area contributed by atoms with Crippen LogP contribution in [0.5, 0.6) is 11.5 Å². The van der Waals surface area contributed by atoms with Crippen LogP contribution in [-0.2, 0) is 5.41 Å². The molecule has 0 fully saturated rings. The molecule has 2 heterocycles. The van der Waals surface area contributed by atoms with E-state index < -0.39 is 10.6 Å². The van der Waals surface area contributed by atoms with Crippen molar-refractivity contribution in [3.63, 3.8) is 0 Å². The quantitative estimate of drug-likeness (QED) is 0.548. The van der Waals surface area contributed by atoms with Gasteiger partial charge in [0.1, 0.15) is 5.02 Å². The van der Waals surface area contributed by atoms with Gasteiger partial charge in [-0.2, -0.15) is 0 Å². The number of hydrogen-bond donors (Lipinski definition) is 0. The van der Waals surface area contributed by atoms with E-state index in [-0.39, 0.29) is 21.9 Å². The molecule has 0 aromatic heterocycles. The molecule has 1 atom stereocenters. The van der Waals surface area contributed by atoms with Crippen LogP contribution in [0.15, 0.2) is 36.4 Å². The Morgan fingerprint density at radius 3 is 2.63 bits per heavy atom. The fourth-order valence-electron chi connectivity index (χ4n) is 4.15. The van der Waals surface area contributed by atoms with Crippen LogP contribution < -0.4 is 14.4 Å². The first-order valence-corrected chi connectivity index (χ1v) is 8.89. The third-order valence-electron chi connectivity index (χ3n) is 5.68. The molecule has 0 saturated heterocycles. The molecule has 1 unspecified atom stereocenters. The molecule has 0 amide bonds. The Balaban J connectivity index is 1.93. The highest BCUT2D eigenvalue weighted by Crippen LogP contribution is 2.56. The summed E-state index contributed by atoms with van der Waals surface area (Å²) in [5.74, 6) is 0.688. The average Bonchev–Trinajstić information content (AvgIpc) is 2.81. The SMILES string of the molecule is COc1cc([N+](=O)[O-])c(Cl)c2c1OC1(C=C2)N(C)c2ccccc2C1(C)C. The number of anilines is 1. The Kier molecular flexibility index (Phi) is 3.69. The molecule has 0 N–H and O–H groups in total. The van der Waals surface area contributed by atoms with E-state index in [1.165, 1.54) is 13.2 Å². The van der Waals surface area contributed by atoms with Crippen LogP contribution in [0, 0.1) is 10.1 Å². The van der Waals surface area contributed by atoms with Gasteiger partial charge in [-0.05, 0) is 37.6 Å². The Labute approximate surface area is 162 Å². The van der Waals surface area contributed by atoms with Crippen molar-refractivity contribution in [3.05, 3.63) is 62.7 Å². The Bertz CT molecular complexity index is 1000. The van der Waals surface area contributed by atoms with Gasteiger partial charge in [0.15, 0.2) is 11.5 Å². The average molecular weight is 387 g/mol. The molecule has 0 aliphatic carbocycles. The number of nitro groups is 1. The van der Waals surface area contributed by atoms with Crippen molar-refractivity contribution in [2.75, 3.05) is 19.1 Å². The smallest absolute Gasteiger partial charge is 0.292 e. The summed E-state index contributed by atoms with van der Waals surface area (Å²) < 4.78 is 11.9. The van der Waals surface area contributed by atoms with Gasteiger partial charge < -0.3 is 14.4 Å². The lowest BCUT2D eigenvalue weighted by Gasteiger charge is -2.46. The molecule has 27 heavy (non-hydrogen) atoms. The van der Waals surface area contributed by atoms with E-state index in [2.05, 4.69) is 30.9 Å². The molecule has 2 aliphatic heterocycles. The predicted molar refractivity (Wildman–Crippen MR) is 105 cm³/mol. The Morgan fingerprint density at radius 2 is 2.00 bits per heavy atom. The minimum absolute atomic E-state index is 0.0397. The van der Waals surface area contributed by atoms with Crippen molar-refractivity contribution < 1.29 is 14.4 Å². The maximum atomic E-state index is 11.3. The summed E-state index contributed by atoms with van der Waals surface area (Å²) in [5, 5.41) is 11.4. The molecule has 1 spiro atoms. The van der Waals surface area contributed by atoms with Gasteiger partial charge in [-0.3, -0.25) is 10.1 Å². The van der Waals surface area contributed by atoms with Gasteiger partial charge in [-0.25, -0.2) is 0 Å². The minimum Gasteiger partial charge on any atom is -0.493 e. The first-order chi connectivity index (χ1) is 12.7. The van der Waals surface area contributed by atoms with E-state index in [0.717, 1.165) is 11.3 Å². The zero-order valence-electron chi connectivity index (χ0n) is 15.4. The first-order valence-electron chi connectivity index (χ1n) is 8.51. The molecule has 6 nitrogen and oxygen atoms in total. The van der Waals surface area contributed by atoms with Crippen molar-refractivity contribution in [3.8, 4) is 11.5 Å². The maximum absolute atomic E-state index is 11.3. The van der Waals surface area contributed by atoms with E-state index in [9.17, 15) is 10.1 Å². The van der Waals surface area contributed by atoms with Crippen molar-refractivity contribution in [2.45, 2.75) is 25.0 Å². The summed E-state index contributed by atoms with van der Waals surface area (Å²) in [7, 11) is 3.43. The second kappa shape index (κ2) is 5.63. The number of para-hydroxylation sites is 1. The molecular formula is C20H19ClN2O4. The number of likely N-dealkylation sites (N-methyl/N-ethyl adjacent to an activating group) is 1. The lowest BCUT2D eigenvalue weighted by atomic mass is 9.76. The number of nitro benzene ring substituents is 1. The van der Waals surface area contributed by atoms with Crippen molar-refractivity contribution >= 4 is 29.1 Å². The van der Waals surface area contributed by atoms with E-state index >= 15 is 0 Å². The number of methoxy groups -OCH3 is 1. The molecule has 0 radical (unpaired) electrons. The maximum Gasteiger partial charge on any atom is 0.292 e. The normalized spacial score (nSPS) is 21.6. The summed E-state index contributed by atoms with van der Waals surface area (Å²) in [5.41, 5.74) is 1.28. The molecule has 2 aromatic carbocycles. The van der Waals surface area contributed by atoms with E-state index in [1.54, 1.807) is 6.08 Å². The number of nitrogens with zero attached hydrogens (tertiary/aromatic N) is 2. The lowest BCUT2D eigenvalue weighted by molar-refractivity contribution is -0.384. The topological polar surface area (TPSA) is 64.8 Å². The van der Waals surface area contributed by atoms with Gasteiger partial charge in [0, 0.05) is 18.3 Å². The summed E-state index contributed by atoms with van der Waals surface area (Å²) in [6.07, 6.45) is 3.71. The van der Waals surface area contributed by atoms with E-state index in [0.29, 0.717) is 11.3 Å². The number of fused-ring (bicyclic) bond motifs is 2. The molecule has 0 bridgehead atoms. The summed E-state index contributed by atoms with van der Waals surface area (Å²) in [4.78, 5) is 12.9. The van der Waals surface area contributed by atoms with Gasteiger partial charge in [-0.15, -0.1) is 0 Å². The summed E-state index contributed by atoms with van der Waals surface area (Å²) >= 11 is 6.30. The number of rotatable bonds is 2. The predicted octanol–water partition coefficient (Wildman–Crippen LogP) is 4.79. The van der Waals surface area contributed by atoms with Crippen LogP contribution in [0.3, 0.4) is 0 Å². The van der Waals surface area contributed by atoms with Crippen LogP contribution in [0.25, 0.3) is 6.08 Å². The zero-order valence-corrected chi connectivity index (χ0v) is 16.2. The Hall–Kier alpha value is -2.73. The highest BCUT2D eigenvalue weighted by molar-refractivity contribution is 6.34. The second-order valence-corrected chi connectivity index (χ2v) is 7.62. The molecule has 140 valence electrons. The summed E-state index contributed by atoms with van der Waals surface area (Å²) in [6, 6.07) is 9.45. The number of ether oxygens (including phenoxy) is 2. The first kappa shape index (κ1) is 17.7. The van der Waals surface area contributed by atoms with Crippen LogP contribution >= 0.6 is 11.6 Å². The Morgan fingerprint density at radius 1 is 1.30 bits per heavy atom. The van der Waals surface area contributed by atoms with E-state index in [4.69, 9.17) is 21.1 Å². The fourth-order valence-corrected chi connectivity index (χ4v) is 4.42. The van der Waals surface area contributed by atoms with Crippen molar-refractivity contribution in [1.82, 2.24) is 0 Å². The van der Waals surface area contributed by atoms with Gasteiger partial charge in [0.25, 0.3) is 5.69 Å². The highest BCUT2D eigenvalue weighted by Gasteiger charge is 2.58. The van der Waals surface area contributed by atoms with Crippen LogP contribution in [0.2, 0.25) is 5.02 Å². The van der Waals surface area contributed by atoms with Crippen molar-refractivity contribution in [2.24, 2.45) is 0 Å². The standard InChI is InChI=1S/C20H19ClN2O4/c1-19(2)13-7-5-6-8-14(13)22(3)20(19)10-9-12-17(21)15(23(24)25)11-16(26-4)18(12)27-20/h5-11H,1-4H3. The minimum atomic E-state index is -0.809. The van der Waals surface area contributed by atoms with Crippen LogP contribution in [-0.4, -0.2) is 24.8 Å². The van der Waals surface area contributed by atoms with Crippen LogP contribution in [0.1, 0.15) is 25.0 Å². The van der Waals surface area contributed by atoms with Gasteiger partial charge in [-0.1, -0.05) is 29.8 Å². The van der Waals surface area contributed by atoms with E-state index in [1.807, 2.05) is 25.3 Å². The fraction of sp³-hybridized carbons (Fsp3) is 0.300. The molecule has 4 rings (SSSR count). The van der Waals surface area contributed by atoms with Gasteiger partial charge >= 0.3 is 0 Å². The number of halogens is 1. The molecule has 0 saturated carbocycles. The third-order valence-corrected chi connectivity index (χ3v) is 6.08.